The summed E-state index contributed by atoms with van der Waals surface area (Å²) in [6.07, 6.45) is 0. The second-order valence-corrected chi connectivity index (χ2v) is 7.90. The molecule has 0 spiro atoms. The Kier molecular flexibility index (Phi) is 5.56. The molecule has 1 aliphatic rings. The fourth-order valence-corrected chi connectivity index (χ4v) is 3.64. The summed E-state index contributed by atoms with van der Waals surface area (Å²) in [5.41, 5.74) is 0.713. The number of hydrogen-bond acceptors (Lipinski definition) is 6. The van der Waals surface area contributed by atoms with Gasteiger partial charge in [-0.05, 0) is 36.4 Å². The van der Waals surface area contributed by atoms with Crippen LogP contribution in [0.5, 0.6) is 11.5 Å². The number of halogens is 1. The maximum atomic E-state index is 12.5. The van der Waals surface area contributed by atoms with Crippen LogP contribution in [0.15, 0.2) is 41.3 Å². The Morgan fingerprint density at radius 2 is 1.85 bits per heavy atom. The summed E-state index contributed by atoms with van der Waals surface area (Å²) >= 11 is 6.14. The summed E-state index contributed by atoms with van der Waals surface area (Å²) in [4.78, 5) is 17.2. The van der Waals surface area contributed by atoms with Gasteiger partial charge in [0.2, 0.25) is 0 Å². The van der Waals surface area contributed by atoms with E-state index in [-0.39, 0.29) is 9.92 Å². The van der Waals surface area contributed by atoms with Crippen molar-refractivity contribution in [2.24, 2.45) is 0 Å². The first-order valence-electron chi connectivity index (χ1n) is 7.86. The smallest absolute Gasteiger partial charge is 0.264 e. The zero-order chi connectivity index (χ0) is 19.6. The number of nitrogens with zero attached hydrogens (tertiary/aromatic N) is 1. The summed E-state index contributed by atoms with van der Waals surface area (Å²) in [5.74, 6) is 0.401. The molecular formula is C17H17ClN2O6S. The van der Waals surface area contributed by atoms with Gasteiger partial charge in [0.25, 0.3) is 15.9 Å². The molecule has 0 bridgehead atoms. The Hall–Kier alpha value is -2.33. The number of hydroxylamine groups is 1. The molecule has 0 aromatic heterocycles. The molecule has 27 heavy (non-hydrogen) atoms. The van der Waals surface area contributed by atoms with Crippen molar-refractivity contribution in [1.82, 2.24) is 4.47 Å². The first-order chi connectivity index (χ1) is 12.8. The van der Waals surface area contributed by atoms with Crippen LogP contribution in [-0.2, 0) is 14.9 Å². The standard InChI is InChI=1S/C17H17ClN2O6S/c1-20(24-2)27(22,23)13-5-3-12(4-6-13)19-17(21)11-9-14(18)16-15(10-11)25-7-8-26-16/h3-6,9-10H,7-8H2,1-2H3,(H,19,21). The van der Waals surface area contributed by atoms with Crippen LogP contribution in [-0.4, -0.2) is 46.2 Å². The number of carbonyl (C=O) groups is 1. The van der Waals surface area contributed by atoms with Gasteiger partial charge in [0.15, 0.2) is 11.5 Å². The zero-order valence-corrected chi connectivity index (χ0v) is 16.1. The molecule has 0 saturated carbocycles. The van der Waals surface area contributed by atoms with E-state index in [9.17, 15) is 13.2 Å². The number of fused-ring (bicyclic) bond motifs is 1. The maximum Gasteiger partial charge on any atom is 0.264 e. The van der Waals surface area contributed by atoms with Gasteiger partial charge in [0.1, 0.15) is 13.2 Å². The molecule has 1 amide bonds. The van der Waals surface area contributed by atoms with E-state index in [0.717, 1.165) is 4.47 Å². The summed E-state index contributed by atoms with van der Waals surface area (Å²) in [7, 11) is -1.21. The molecule has 1 N–H and O–H groups in total. The lowest BCUT2D eigenvalue weighted by atomic mass is 10.1. The van der Waals surface area contributed by atoms with Crippen LogP contribution in [0.4, 0.5) is 5.69 Å². The lowest BCUT2D eigenvalue weighted by Gasteiger charge is -2.20. The van der Waals surface area contributed by atoms with Crippen molar-refractivity contribution in [3.63, 3.8) is 0 Å². The largest absolute Gasteiger partial charge is 0.486 e. The van der Waals surface area contributed by atoms with Gasteiger partial charge in [-0.1, -0.05) is 16.1 Å². The van der Waals surface area contributed by atoms with E-state index < -0.39 is 15.9 Å². The van der Waals surface area contributed by atoms with Crippen molar-refractivity contribution in [3.05, 3.63) is 47.0 Å². The number of anilines is 1. The Morgan fingerprint density at radius 3 is 2.52 bits per heavy atom. The number of benzene rings is 2. The quantitative estimate of drug-likeness (QED) is 0.758. The van der Waals surface area contributed by atoms with Crippen molar-refractivity contribution in [2.45, 2.75) is 4.90 Å². The minimum atomic E-state index is -3.75. The van der Waals surface area contributed by atoms with Crippen molar-refractivity contribution in [3.8, 4) is 11.5 Å². The van der Waals surface area contributed by atoms with Crippen molar-refractivity contribution in [1.29, 1.82) is 0 Å². The normalized spacial score (nSPS) is 13.5. The summed E-state index contributed by atoms with van der Waals surface area (Å²) < 4.78 is 36.0. The van der Waals surface area contributed by atoms with Gasteiger partial charge in [-0.25, -0.2) is 8.42 Å². The third-order valence-corrected chi connectivity index (χ3v) is 5.84. The molecule has 0 aliphatic carbocycles. The Morgan fingerprint density at radius 1 is 1.19 bits per heavy atom. The van der Waals surface area contributed by atoms with Crippen molar-refractivity contribution < 1.29 is 27.5 Å². The average Bonchev–Trinajstić information content (AvgIpc) is 2.67. The molecular weight excluding hydrogens is 396 g/mol. The highest BCUT2D eigenvalue weighted by Crippen LogP contribution is 2.38. The van der Waals surface area contributed by atoms with Crippen LogP contribution < -0.4 is 14.8 Å². The molecule has 2 aromatic rings. The van der Waals surface area contributed by atoms with Crippen molar-refractivity contribution >= 4 is 33.2 Å². The van der Waals surface area contributed by atoms with Crippen LogP contribution in [0.2, 0.25) is 5.02 Å². The highest BCUT2D eigenvalue weighted by atomic mass is 35.5. The van der Waals surface area contributed by atoms with Gasteiger partial charge in [0.05, 0.1) is 17.0 Å². The first-order valence-corrected chi connectivity index (χ1v) is 9.68. The Balaban J connectivity index is 1.78. The highest BCUT2D eigenvalue weighted by molar-refractivity contribution is 7.89. The Bertz CT molecular complexity index is 962. The number of nitrogens with one attached hydrogen (secondary N) is 1. The predicted molar refractivity (Wildman–Crippen MR) is 98.8 cm³/mol. The molecule has 2 aromatic carbocycles. The number of rotatable bonds is 5. The lowest BCUT2D eigenvalue weighted by molar-refractivity contribution is -0.0258. The molecule has 0 fully saturated rings. The van der Waals surface area contributed by atoms with Crippen molar-refractivity contribution in [2.75, 3.05) is 32.7 Å². The third kappa shape index (κ3) is 4.01. The minimum absolute atomic E-state index is 0.0345. The van der Waals surface area contributed by atoms with E-state index in [2.05, 4.69) is 5.32 Å². The molecule has 0 radical (unpaired) electrons. The average molecular weight is 413 g/mol. The fraction of sp³-hybridized carbons (Fsp3) is 0.235. The van der Waals surface area contributed by atoms with E-state index in [1.54, 1.807) is 6.07 Å². The summed E-state index contributed by atoms with van der Waals surface area (Å²) in [6.45, 7) is 0.770. The predicted octanol–water partition coefficient (Wildman–Crippen LogP) is 2.55. The molecule has 1 aliphatic heterocycles. The highest BCUT2D eigenvalue weighted by Gasteiger charge is 2.21. The van der Waals surface area contributed by atoms with Crippen LogP contribution in [0.3, 0.4) is 0 Å². The third-order valence-electron chi connectivity index (χ3n) is 3.86. The molecule has 0 unspecified atom stereocenters. The van der Waals surface area contributed by atoms with Gasteiger partial charge in [0, 0.05) is 18.3 Å². The molecule has 1 heterocycles. The van der Waals surface area contributed by atoms with Crippen LogP contribution in [0.1, 0.15) is 10.4 Å². The maximum absolute atomic E-state index is 12.5. The second kappa shape index (κ2) is 7.73. The second-order valence-electron chi connectivity index (χ2n) is 5.56. The van der Waals surface area contributed by atoms with Gasteiger partial charge >= 0.3 is 0 Å². The fourth-order valence-electron chi connectivity index (χ4n) is 2.40. The number of hydrogen-bond donors (Lipinski definition) is 1. The number of sulfonamides is 1. The van der Waals surface area contributed by atoms with E-state index >= 15 is 0 Å². The zero-order valence-electron chi connectivity index (χ0n) is 14.6. The SMILES string of the molecule is CON(C)S(=O)(=O)c1ccc(NC(=O)c2cc(Cl)c3c(c2)OCCO3)cc1. The molecule has 0 atom stereocenters. The van der Waals surface area contributed by atoms with E-state index in [4.69, 9.17) is 25.9 Å². The molecule has 0 saturated heterocycles. The summed E-state index contributed by atoms with van der Waals surface area (Å²) in [6, 6.07) is 8.73. The lowest BCUT2D eigenvalue weighted by Crippen LogP contribution is -2.25. The number of amides is 1. The topological polar surface area (TPSA) is 94.2 Å². The van der Waals surface area contributed by atoms with Crippen LogP contribution in [0, 0.1) is 0 Å². The molecule has 3 rings (SSSR count). The minimum Gasteiger partial charge on any atom is -0.486 e. The molecule has 144 valence electrons. The first kappa shape index (κ1) is 19.4. The number of carbonyl (C=O) groups excluding carboxylic acids is 1. The van der Waals surface area contributed by atoms with Gasteiger partial charge in [-0.3, -0.25) is 9.63 Å². The van der Waals surface area contributed by atoms with Crippen LogP contribution in [0.25, 0.3) is 0 Å². The van der Waals surface area contributed by atoms with Gasteiger partial charge in [-0.2, -0.15) is 0 Å². The van der Waals surface area contributed by atoms with Crippen LogP contribution >= 0.6 is 11.6 Å². The Labute approximate surface area is 161 Å². The van der Waals surface area contributed by atoms with E-state index in [1.165, 1.54) is 44.5 Å². The van der Waals surface area contributed by atoms with E-state index in [1.807, 2.05) is 0 Å². The van der Waals surface area contributed by atoms with Gasteiger partial charge in [-0.15, -0.1) is 0 Å². The molecule has 10 heteroatoms. The monoisotopic (exact) mass is 412 g/mol. The summed E-state index contributed by atoms with van der Waals surface area (Å²) in [5, 5.41) is 2.96. The molecule has 8 nitrogen and oxygen atoms in total. The van der Waals surface area contributed by atoms with E-state index in [0.29, 0.717) is 36.0 Å². The number of ether oxygens (including phenoxy) is 2. The van der Waals surface area contributed by atoms with Gasteiger partial charge < -0.3 is 14.8 Å².